The van der Waals surface area contributed by atoms with Crippen LogP contribution in [0.4, 0.5) is 0 Å². The van der Waals surface area contributed by atoms with E-state index in [1.165, 1.54) is 0 Å². The molecule has 132 valence electrons. The summed E-state index contributed by atoms with van der Waals surface area (Å²) < 4.78 is 15.6. The van der Waals surface area contributed by atoms with Crippen LogP contribution in [0.1, 0.15) is 22.8 Å². The predicted octanol–water partition coefficient (Wildman–Crippen LogP) is 3.85. The van der Waals surface area contributed by atoms with E-state index in [4.69, 9.17) is 25.8 Å². The third-order valence-electron chi connectivity index (χ3n) is 3.34. The van der Waals surface area contributed by atoms with Crippen molar-refractivity contribution in [3.63, 3.8) is 0 Å². The van der Waals surface area contributed by atoms with E-state index < -0.39 is 5.97 Å². The van der Waals surface area contributed by atoms with Crippen molar-refractivity contribution in [1.82, 2.24) is 0 Å². The Morgan fingerprint density at radius 1 is 0.960 bits per heavy atom. The number of carbonyl (C=O) groups excluding carboxylic acids is 2. The third kappa shape index (κ3) is 5.80. The van der Waals surface area contributed by atoms with Gasteiger partial charge in [-0.1, -0.05) is 11.6 Å². The Labute approximate surface area is 151 Å². The van der Waals surface area contributed by atoms with E-state index in [9.17, 15) is 9.59 Å². The number of ether oxygens (including phenoxy) is 3. The second-order valence-electron chi connectivity index (χ2n) is 5.24. The molecule has 0 bridgehead atoms. The van der Waals surface area contributed by atoms with Crippen LogP contribution in [0, 0.1) is 6.92 Å². The van der Waals surface area contributed by atoms with Crippen LogP contribution in [0.25, 0.3) is 0 Å². The highest BCUT2D eigenvalue weighted by atomic mass is 35.5. The molecule has 0 amide bonds. The summed E-state index contributed by atoms with van der Waals surface area (Å²) in [6.45, 7) is 3.65. The first-order valence-corrected chi connectivity index (χ1v) is 8.18. The lowest BCUT2D eigenvalue weighted by Gasteiger charge is -2.08. The van der Waals surface area contributed by atoms with Gasteiger partial charge in [-0.3, -0.25) is 4.79 Å². The van der Waals surface area contributed by atoms with Crippen molar-refractivity contribution >= 4 is 23.4 Å². The average molecular weight is 363 g/mol. The number of Topliss-reactive ketones (excluding diaryl/α,β-unsaturated/α-hetero) is 1. The summed E-state index contributed by atoms with van der Waals surface area (Å²) in [4.78, 5) is 23.7. The van der Waals surface area contributed by atoms with Gasteiger partial charge in [-0.2, -0.15) is 0 Å². The Balaban J connectivity index is 1.78. The van der Waals surface area contributed by atoms with Gasteiger partial charge in [-0.25, -0.2) is 4.79 Å². The SMILES string of the molecule is CCOc1ccc(C(=O)COC(=O)COc2ccc(Cl)c(C)c2)cc1. The fourth-order valence-corrected chi connectivity index (χ4v) is 2.14. The van der Waals surface area contributed by atoms with Gasteiger partial charge in [0.15, 0.2) is 19.0 Å². The molecule has 0 unspecified atom stereocenters. The maximum atomic E-state index is 12.0. The molecule has 2 aromatic carbocycles. The quantitative estimate of drug-likeness (QED) is 0.527. The zero-order chi connectivity index (χ0) is 18.2. The first-order valence-electron chi connectivity index (χ1n) is 7.80. The third-order valence-corrected chi connectivity index (χ3v) is 3.76. The van der Waals surface area contributed by atoms with Crippen molar-refractivity contribution in [2.75, 3.05) is 19.8 Å². The van der Waals surface area contributed by atoms with Crippen LogP contribution in [0.3, 0.4) is 0 Å². The van der Waals surface area contributed by atoms with Crippen molar-refractivity contribution < 1.29 is 23.8 Å². The van der Waals surface area contributed by atoms with E-state index in [0.29, 0.717) is 28.7 Å². The summed E-state index contributed by atoms with van der Waals surface area (Å²) in [6.07, 6.45) is 0. The fourth-order valence-electron chi connectivity index (χ4n) is 2.02. The number of halogens is 1. The number of aryl methyl sites for hydroxylation is 1. The molecule has 0 aliphatic rings. The van der Waals surface area contributed by atoms with Crippen LogP contribution < -0.4 is 9.47 Å². The molecule has 0 fully saturated rings. The summed E-state index contributed by atoms with van der Waals surface area (Å²) in [5.74, 6) is 0.282. The van der Waals surface area contributed by atoms with Crippen LogP contribution >= 0.6 is 11.6 Å². The van der Waals surface area contributed by atoms with Crippen molar-refractivity contribution in [1.29, 1.82) is 0 Å². The molecule has 6 heteroatoms. The Bertz CT molecular complexity index is 740. The number of rotatable bonds is 8. The molecule has 0 saturated carbocycles. The number of ketones is 1. The number of carbonyl (C=O) groups is 2. The Kier molecular flexibility index (Phi) is 6.83. The van der Waals surface area contributed by atoms with Gasteiger partial charge in [0, 0.05) is 10.6 Å². The highest BCUT2D eigenvalue weighted by Crippen LogP contribution is 2.21. The molecule has 0 saturated heterocycles. The molecule has 2 rings (SSSR count). The van der Waals surface area contributed by atoms with E-state index in [1.54, 1.807) is 42.5 Å². The second kappa shape index (κ2) is 9.08. The number of hydrogen-bond donors (Lipinski definition) is 0. The van der Waals surface area contributed by atoms with Gasteiger partial charge in [0.1, 0.15) is 11.5 Å². The molecule has 0 aromatic heterocycles. The zero-order valence-corrected chi connectivity index (χ0v) is 14.8. The topological polar surface area (TPSA) is 61.8 Å². The number of hydrogen-bond acceptors (Lipinski definition) is 5. The molecule has 0 atom stereocenters. The van der Waals surface area contributed by atoms with Crippen LogP contribution in [0.15, 0.2) is 42.5 Å². The molecular formula is C19H19ClO5. The van der Waals surface area contributed by atoms with E-state index >= 15 is 0 Å². The maximum Gasteiger partial charge on any atom is 0.344 e. The first kappa shape index (κ1) is 18.8. The highest BCUT2D eigenvalue weighted by molar-refractivity contribution is 6.31. The molecule has 0 heterocycles. The molecule has 0 N–H and O–H groups in total. The summed E-state index contributed by atoms with van der Waals surface area (Å²) in [5.41, 5.74) is 1.30. The van der Waals surface area contributed by atoms with Crippen LogP contribution in [-0.2, 0) is 9.53 Å². The largest absolute Gasteiger partial charge is 0.494 e. The minimum absolute atomic E-state index is 0.280. The maximum absolute atomic E-state index is 12.0. The molecule has 2 aromatic rings. The van der Waals surface area contributed by atoms with Gasteiger partial charge in [0.25, 0.3) is 0 Å². The van der Waals surface area contributed by atoms with Gasteiger partial charge in [0.2, 0.25) is 0 Å². The molecule has 0 aliphatic carbocycles. The summed E-state index contributed by atoms with van der Waals surface area (Å²) in [5, 5.41) is 0.621. The zero-order valence-electron chi connectivity index (χ0n) is 14.1. The smallest absolute Gasteiger partial charge is 0.344 e. The average Bonchev–Trinajstić information content (AvgIpc) is 2.61. The van der Waals surface area contributed by atoms with Crippen LogP contribution in [-0.4, -0.2) is 31.6 Å². The summed E-state index contributed by atoms with van der Waals surface area (Å²) in [6, 6.07) is 11.7. The molecule has 0 radical (unpaired) electrons. The first-order chi connectivity index (χ1) is 12.0. The Morgan fingerprint density at radius 2 is 1.64 bits per heavy atom. The highest BCUT2D eigenvalue weighted by Gasteiger charge is 2.11. The van der Waals surface area contributed by atoms with Crippen molar-refractivity contribution in [3.8, 4) is 11.5 Å². The minimum Gasteiger partial charge on any atom is -0.494 e. The van der Waals surface area contributed by atoms with Crippen molar-refractivity contribution in [3.05, 3.63) is 58.6 Å². The lowest BCUT2D eigenvalue weighted by atomic mass is 10.1. The molecule has 0 aliphatic heterocycles. The summed E-state index contributed by atoms with van der Waals surface area (Å²) >= 11 is 5.92. The lowest BCUT2D eigenvalue weighted by molar-refractivity contribution is -0.144. The number of benzene rings is 2. The van der Waals surface area contributed by atoms with Gasteiger partial charge in [-0.05, 0) is 61.9 Å². The van der Waals surface area contributed by atoms with Crippen LogP contribution in [0.5, 0.6) is 11.5 Å². The second-order valence-corrected chi connectivity index (χ2v) is 5.65. The lowest BCUT2D eigenvalue weighted by Crippen LogP contribution is -2.19. The Morgan fingerprint density at radius 3 is 2.28 bits per heavy atom. The van der Waals surface area contributed by atoms with Gasteiger partial charge in [0.05, 0.1) is 6.61 Å². The van der Waals surface area contributed by atoms with E-state index in [-0.39, 0.29) is 19.0 Å². The summed E-state index contributed by atoms with van der Waals surface area (Å²) in [7, 11) is 0. The van der Waals surface area contributed by atoms with E-state index in [1.807, 2.05) is 13.8 Å². The molecular weight excluding hydrogens is 344 g/mol. The molecule has 0 spiro atoms. The molecule has 5 nitrogen and oxygen atoms in total. The van der Waals surface area contributed by atoms with Gasteiger partial charge in [-0.15, -0.1) is 0 Å². The predicted molar refractivity (Wildman–Crippen MR) is 94.6 cm³/mol. The van der Waals surface area contributed by atoms with Crippen molar-refractivity contribution in [2.24, 2.45) is 0 Å². The minimum atomic E-state index is -0.619. The van der Waals surface area contributed by atoms with E-state index in [0.717, 1.165) is 5.56 Å². The monoisotopic (exact) mass is 362 g/mol. The van der Waals surface area contributed by atoms with E-state index in [2.05, 4.69) is 0 Å². The Hall–Kier alpha value is -2.53. The normalized spacial score (nSPS) is 10.2. The van der Waals surface area contributed by atoms with Gasteiger partial charge >= 0.3 is 5.97 Å². The number of esters is 1. The van der Waals surface area contributed by atoms with Crippen LogP contribution in [0.2, 0.25) is 5.02 Å². The molecule has 25 heavy (non-hydrogen) atoms. The van der Waals surface area contributed by atoms with Crippen molar-refractivity contribution in [2.45, 2.75) is 13.8 Å². The standard InChI is InChI=1S/C19H19ClO5/c1-3-23-15-6-4-14(5-7-15)18(21)11-25-19(22)12-24-16-8-9-17(20)13(2)10-16/h4-10H,3,11-12H2,1-2H3. The van der Waals surface area contributed by atoms with Gasteiger partial charge < -0.3 is 14.2 Å². The fraction of sp³-hybridized carbons (Fsp3) is 0.263.